The highest BCUT2D eigenvalue weighted by Gasteiger charge is 2.17. The summed E-state index contributed by atoms with van der Waals surface area (Å²) in [4.78, 5) is 0. The van der Waals surface area contributed by atoms with Gasteiger partial charge in [0.15, 0.2) is 0 Å². The molecule has 0 fully saturated rings. The van der Waals surface area contributed by atoms with E-state index in [1.165, 1.54) is 6.42 Å². The van der Waals surface area contributed by atoms with Crippen LogP contribution in [0.4, 0.5) is 0 Å². The molecule has 0 saturated carbocycles. The molecule has 14 heavy (non-hydrogen) atoms. The zero-order chi connectivity index (χ0) is 10.8. The molecule has 84 valence electrons. The fourth-order valence-electron chi connectivity index (χ4n) is 1.64. The molecule has 0 amide bonds. The summed E-state index contributed by atoms with van der Waals surface area (Å²) in [5, 5.41) is 3.51. The third-order valence-electron chi connectivity index (χ3n) is 2.40. The van der Waals surface area contributed by atoms with Gasteiger partial charge in [-0.25, -0.2) is 0 Å². The molecule has 2 atom stereocenters. The molecule has 0 spiro atoms. The van der Waals surface area contributed by atoms with Crippen molar-refractivity contribution in [3.05, 3.63) is 12.7 Å². The maximum absolute atomic E-state index is 5.49. The number of methoxy groups -OCH3 is 1. The molecule has 0 saturated heterocycles. The van der Waals surface area contributed by atoms with Crippen LogP contribution in [-0.2, 0) is 4.74 Å². The van der Waals surface area contributed by atoms with Gasteiger partial charge in [-0.1, -0.05) is 26.3 Å². The first-order valence-electron chi connectivity index (χ1n) is 5.67. The molecule has 2 unspecified atom stereocenters. The lowest BCUT2D eigenvalue weighted by Gasteiger charge is -2.25. The minimum Gasteiger partial charge on any atom is -0.380 e. The standard InChI is InChI=1S/C12H25NO/c1-5-8-11(13-10-7-3)12(14-4)9-6-2/h5,11-13H,1,6-10H2,2-4H3. The number of rotatable bonds is 9. The summed E-state index contributed by atoms with van der Waals surface area (Å²) in [7, 11) is 1.80. The maximum Gasteiger partial charge on any atom is 0.0727 e. The van der Waals surface area contributed by atoms with Crippen molar-refractivity contribution in [3.8, 4) is 0 Å². The molecule has 0 aliphatic carbocycles. The van der Waals surface area contributed by atoms with Crippen LogP contribution in [0.15, 0.2) is 12.7 Å². The van der Waals surface area contributed by atoms with E-state index in [1.54, 1.807) is 7.11 Å². The topological polar surface area (TPSA) is 21.3 Å². The van der Waals surface area contributed by atoms with Gasteiger partial charge in [0, 0.05) is 13.2 Å². The lowest BCUT2D eigenvalue weighted by molar-refractivity contribution is 0.0617. The average molecular weight is 199 g/mol. The molecule has 0 aromatic heterocycles. The van der Waals surface area contributed by atoms with Gasteiger partial charge in [-0.2, -0.15) is 0 Å². The van der Waals surface area contributed by atoms with Crippen LogP contribution in [-0.4, -0.2) is 25.8 Å². The van der Waals surface area contributed by atoms with Crippen molar-refractivity contribution in [2.75, 3.05) is 13.7 Å². The SMILES string of the molecule is C=CCC(NCCC)C(CCC)OC. The van der Waals surface area contributed by atoms with Crippen molar-refractivity contribution < 1.29 is 4.74 Å². The minimum atomic E-state index is 0.324. The zero-order valence-corrected chi connectivity index (χ0v) is 9.88. The summed E-state index contributed by atoms with van der Waals surface area (Å²) in [6, 6.07) is 0.428. The highest BCUT2D eigenvalue weighted by atomic mass is 16.5. The van der Waals surface area contributed by atoms with E-state index in [2.05, 4.69) is 25.7 Å². The van der Waals surface area contributed by atoms with Gasteiger partial charge in [0.05, 0.1) is 6.10 Å². The fraction of sp³-hybridized carbons (Fsp3) is 0.833. The van der Waals surface area contributed by atoms with Crippen LogP contribution in [0.2, 0.25) is 0 Å². The van der Waals surface area contributed by atoms with E-state index in [-0.39, 0.29) is 0 Å². The maximum atomic E-state index is 5.49. The van der Waals surface area contributed by atoms with E-state index < -0.39 is 0 Å². The van der Waals surface area contributed by atoms with Crippen molar-refractivity contribution in [1.29, 1.82) is 0 Å². The van der Waals surface area contributed by atoms with Crippen LogP contribution >= 0.6 is 0 Å². The number of hydrogen-bond acceptors (Lipinski definition) is 2. The van der Waals surface area contributed by atoms with E-state index in [1.807, 2.05) is 6.08 Å². The first-order valence-corrected chi connectivity index (χ1v) is 5.67. The Kier molecular flexibility index (Phi) is 9.00. The summed E-state index contributed by atoms with van der Waals surface area (Å²) in [6.07, 6.45) is 6.72. The average Bonchev–Trinajstić information content (AvgIpc) is 2.21. The Hall–Kier alpha value is -0.340. The number of ether oxygens (including phenoxy) is 1. The van der Waals surface area contributed by atoms with E-state index in [0.29, 0.717) is 12.1 Å². The summed E-state index contributed by atoms with van der Waals surface area (Å²) < 4.78 is 5.49. The van der Waals surface area contributed by atoms with Crippen molar-refractivity contribution >= 4 is 0 Å². The monoisotopic (exact) mass is 199 g/mol. The second kappa shape index (κ2) is 9.22. The molecule has 0 aliphatic heterocycles. The van der Waals surface area contributed by atoms with Gasteiger partial charge in [-0.15, -0.1) is 6.58 Å². The lowest BCUT2D eigenvalue weighted by atomic mass is 10.0. The van der Waals surface area contributed by atoms with E-state index in [9.17, 15) is 0 Å². The molecule has 2 heteroatoms. The Morgan fingerprint density at radius 2 is 2.07 bits per heavy atom. The van der Waals surface area contributed by atoms with Crippen LogP contribution in [0.3, 0.4) is 0 Å². The van der Waals surface area contributed by atoms with Crippen LogP contribution in [0, 0.1) is 0 Å². The molecule has 0 bridgehead atoms. The van der Waals surface area contributed by atoms with Gasteiger partial charge in [0.25, 0.3) is 0 Å². The Labute approximate surface area is 88.7 Å². The van der Waals surface area contributed by atoms with Gasteiger partial charge < -0.3 is 10.1 Å². The van der Waals surface area contributed by atoms with Gasteiger partial charge >= 0.3 is 0 Å². The van der Waals surface area contributed by atoms with E-state index in [4.69, 9.17) is 4.74 Å². The summed E-state index contributed by atoms with van der Waals surface area (Å²) in [6.45, 7) is 9.22. The Bertz CT molecular complexity index is 136. The van der Waals surface area contributed by atoms with Gasteiger partial charge in [0.2, 0.25) is 0 Å². The molecule has 2 nitrogen and oxygen atoms in total. The number of nitrogens with one attached hydrogen (secondary N) is 1. The van der Waals surface area contributed by atoms with Crippen LogP contribution in [0.5, 0.6) is 0 Å². The quantitative estimate of drug-likeness (QED) is 0.577. The molecule has 1 N–H and O–H groups in total. The fourth-order valence-corrected chi connectivity index (χ4v) is 1.64. The molecule has 0 rings (SSSR count). The summed E-state index contributed by atoms with van der Waals surface area (Å²) in [5.74, 6) is 0. The van der Waals surface area contributed by atoms with Crippen molar-refractivity contribution in [2.45, 2.75) is 51.7 Å². The van der Waals surface area contributed by atoms with Gasteiger partial charge in [-0.05, 0) is 25.8 Å². The Balaban J connectivity index is 4.04. The van der Waals surface area contributed by atoms with Crippen LogP contribution in [0.25, 0.3) is 0 Å². The van der Waals surface area contributed by atoms with Crippen LogP contribution in [0.1, 0.15) is 39.5 Å². The van der Waals surface area contributed by atoms with Gasteiger partial charge in [-0.3, -0.25) is 0 Å². The number of hydrogen-bond donors (Lipinski definition) is 1. The third-order valence-corrected chi connectivity index (χ3v) is 2.40. The second-order valence-electron chi connectivity index (χ2n) is 3.65. The Morgan fingerprint density at radius 1 is 1.36 bits per heavy atom. The summed E-state index contributed by atoms with van der Waals surface area (Å²) in [5.41, 5.74) is 0. The normalized spacial score (nSPS) is 15.1. The first kappa shape index (κ1) is 13.7. The molecular formula is C12H25NO. The zero-order valence-electron chi connectivity index (χ0n) is 9.88. The lowest BCUT2D eigenvalue weighted by Crippen LogP contribution is -2.41. The summed E-state index contributed by atoms with van der Waals surface area (Å²) >= 11 is 0. The highest BCUT2D eigenvalue weighted by molar-refractivity contribution is 4.84. The molecule has 0 aromatic rings. The van der Waals surface area contributed by atoms with Gasteiger partial charge in [0.1, 0.15) is 0 Å². The van der Waals surface area contributed by atoms with Crippen molar-refractivity contribution in [1.82, 2.24) is 5.32 Å². The van der Waals surface area contributed by atoms with Crippen molar-refractivity contribution in [3.63, 3.8) is 0 Å². The van der Waals surface area contributed by atoms with Crippen molar-refractivity contribution in [2.24, 2.45) is 0 Å². The first-order chi connectivity index (χ1) is 6.79. The molecular weight excluding hydrogens is 174 g/mol. The molecule has 0 aromatic carbocycles. The molecule has 0 heterocycles. The third kappa shape index (κ3) is 5.40. The van der Waals surface area contributed by atoms with Crippen LogP contribution < -0.4 is 5.32 Å². The minimum absolute atomic E-state index is 0.324. The Morgan fingerprint density at radius 3 is 2.50 bits per heavy atom. The largest absolute Gasteiger partial charge is 0.380 e. The predicted octanol–water partition coefficient (Wildman–Crippen LogP) is 2.75. The molecule has 0 radical (unpaired) electrons. The second-order valence-corrected chi connectivity index (χ2v) is 3.65. The highest BCUT2D eigenvalue weighted by Crippen LogP contribution is 2.10. The molecule has 0 aliphatic rings. The van der Waals surface area contributed by atoms with E-state index in [0.717, 1.165) is 25.8 Å². The predicted molar refractivity (Wildman–Crippen MR) is 62.6 cm³/mol. The van der Waals surface area contributed by atoms with E-state index >= 15 is 0 Å². The smallest absolute Gasteiger partial charge is 0.0727 e.